The van der Waals surface area contributed by atoms with Crippen LogP contribution >= 0.6 is 21.8 Å². The second kappa shape index (κ2) is 13.0. The van der Waals surface area contributed by atoms with Crippen LogP contribution in [-0.2, 0) is 6.54 Å². The molecule has 2 aromatic carbocycles. The Bertz CT molecular complexity index is 1860. The SMILES string of the molecule is C=S(c1ccc(-c2cc3cnc(Nc4ccc(NC5CCCN(C)C5)cc4)nc3n(Cc3nccs3)c2=O)c(F)c1)C(C)C. The van der Waals surface area contributed by atoms with Gasteiger partial charge in [0.1, 0.15) is 16.5 Å². The molecule has 2 unspecified atom stereocenters. The van der Waals surface area contributed by atoms with E-state index in [0.29, 0.717) is 23.0 Å². The number of nitrogens with zero attached hydrogens (tertiary/aromatic N) is 5. The number of hydrogen-bond acceptors (Lipinski definition) is 8. The molecule has 6 rings (SSSR count). The van der Waals surface area contributed by atoms with E-state index in [2.05, 4.69) is 52.3 Å². The van der Waals surface area contributed by atoms with Gasteiger partial charge < -0.3 is 15.5 Å². The third-order valence-electron chi connectivity index (χ3n) is 7.84. The summed E-state index contributed by atoms with van der Waals surface area (Å²) < 4.78 is 17.1. The topological polar surface area (TPSA) is 88.0 Å². The molecule has 228 valence electrons. The highest BCUT2D eigenvalue weighted by atomic mass is 32.2. The van der Waals surface area contributed by atoms with Crippen molar-refractivity contribution < 1.29 is 4.39 Å². The lowest BCUT2D eigenvalue weighted by molar-refractivity contribution is 0.261. The first-order valence-electron chi connectivity index (χ1n) is 14.7. The van der Waals surface area contributed by atoms with E-state index in [9.17, 15) is 4.79 Å². The summed E-state index contributed by atoms with van der Waals surface area (Å²) in [6.45, 7) is 6.52. The van der Waals surface area contributed by atoms with Gasteiger partial charge in [0.25, 0.3) is 5.56 Å². The largest absolute Gasteiger partial charge is 0.381 e. The molecule has 0 amide bonds. The molecule has 4 heterocycles. The van der Waals surface area contributed by atoms with Gasteiger partial charge in [-0.3, -0.25) is 9.36 Å². The number of likely N-dealkylation sites (N-methyl/N-ethyl adjacent to an activating group) is 1. The molecule has 0 bridgehead atoms. The van der Waals surface area contributed by atoms with Gasteiger partial charge in [-0.2, -0.15) is 15.5 Å². The number of pyridine rings is 1. The molecule has 1 saturated heterocycles. The van der Waals surface area contributed by atoms with Crippen LogP contribution in [0.25, 0.3) is 22.2 Å². The Labute approximate surface area is 263 Å². The van der Waals surface area contributed by atoms with Gasteiger partial charge in [-0.15, -0.1) is 11.3 Å². The number of rotatable bonds is 9. The Kier molecular flexibility index (Phi) is 8.88. The number of benzene rings is 2. The molecule has 0 spiro atoms. The van der Waals surface area contributed by atoms with Crippen LogP contribution < -0.4 is 16.2 Å². The van der Waals surface area contributed by atoms with E-state index < -0.39 is 5.82 Å². The molecule has 3 aromatic heterocycles. The fourth-order valence-corrected chi connectivity index (χ4v) is 7.12. The van der Waals surface area contributed by atoms with Crippen molar-refractivity contribution in [3.8, 4) is 11.1 Å². The van der Waals surface area contributed by atoms with Crippen molar-refractivity contribution in [3.63, 3.8) is 0 Å². The highest BCUT2D eigenvalue weighted by Gasteiger charge is 2.19. The van der Waals surface area contributed by atoms with Gasteiger partial charge in [0.15, 0.2) is 0 Å². The number of halogens is 1. The average Bonchev–Trinajstić information content (AvgIpc) is 3.53. The van der Waals surface area contributed by atoms with Crippen LogP contribution in [0.1, 0.15) is 31.7 Å². The van der Waals surface area contributed by atoms with Crippen molar-refractivity contribution in [2.45, 2.75) is 49.4 Å². The summed E-state index contributed by atoms with van der Waals surface area (Å²) >= 11 is 1.45. The maximum Gasteiger partial charge on any atom is 0.260 e. The van der Waals surface area contributed by atoms with Gasteiger partial charge in [0.05, 0.1) is 12.1 Å². The number of hydrogen-bond donors (Lipinski definition) is 2. The lowest BCUT2D eigenvalue weighted by Gasteiger charge is -2.30. The normalized spacial score (nSPS) is 16.3. The van der Waals surface area contributed by atoms with Crippen LogP contribution in [0.15, 0.2) is 76.0 Å². The molecule has 1 fully saturated rings. The molecule has 0 radical (unpaired) electrons. The Morgan fingerprint density at radius 2 is 1.91 bits per heavy atom. The monoisotopic (exact) mass is 629 g/mol. The molecule has 1 aliphatic heterocycles. The van der Waals surface area contributed by atoms with E-state index in [1.54, 1.807) is 29.1 Å². The van der Waals surface area contributed by atoms with Crippen molar-refractivity contribution in [3.05, 3.63) is 87.5 Å². The summed E-state index contributed by atoms with van der Waals surface area (Å²) in [5, 5.41) is 10.4. The summed E-state index contributed by atoms with van der Waals surface area (Å²) in [5.41, 5.74) is 2.49. The van der Waals surface area contributed by atoms with Gasteiger partial charge in [0, 0.05) is 57.6 Å². The Morgan fingerprint density at radius 1 is 1.11 bits per heavy atom. The first kappa shape index (κ1) is 30.1. The van der Waals surface area contributed by atoms with Gasteiger partial charge in [-0.05, 0) is 74.1 Å². The number of aromatic nitrogens is 4. The zero-order valence-electron chi connectivity index (χ0n) is 25.1. The minimum atomic E-state index is -0.450. The molecule has 2 atom stereocenters. The van der Waals surface area contributed by atoms with E-state index >= 15 is 4.39 Å². The third kappa shape index (κ3) is 6.59. The lowest BCUT2D eigenvalue weighted by atomic mass is 10.1. The number of likely N-dealkylation sites (tertiary alicyclic amines) is 1. The first-order valence-corrected chi connectivity index (χ1v) is 17.0. The van der Waals surface area contributed by atoms with Crippen LogP contribution in [0.2, 0.25) is 0 Å². The van der Waals surface area contributed by atoms with E-state index in [-0.39, 0.29) is 39.0 Å². The van der Waals surface area contributed by atoms with Gasteiger partial charge in [0.2, 0.25) is 5.95 Å². The zero-order chi connectivity index (χ0) is 30.8. The van der Waals surface area contributed by atoms with Gasteiger partial charge in [-0.25, -0.2) is 14.4 Å². The maximum atomic E-state index is 15.5. The molecular formula is C33H36FN7OS2. The fourth-order valence-electron chi connectivity index (χ4n) is 5.47. The van der Waals surface area contributed by atoms with Crippen molar-refractivity contribution in [2.24, 2.45) is 0 Å². The number of nitrogens with one attached hydrogen (secondary N) is 2. The zero-order valence-corrected chi connectivity index (χ0v) is 26.7. The predicted octanol–water partition coefficient (Wildman–Crippen LogP) is 6.82. The number of thiazole rings is 1. The number of fused-ring (bicyclic) bond motifs is 1. The number of anilines is 3. The standard InChI is InChI=1S/C33H36FN7OS2/c1-21(2)44(4)26-11-12-27(29(34)17-26)28-16-22-18-36-33(39-31(22)41(32(28)42)20-30-35-13-15-43-30)38-24-9-7-23(8-10-24)37-25-6-5-14-40(3)19-25/h7-13,15-18,21,25,37H,4-6,14,19-20H2,1-3H3,(H,36,38,39). The van der Waals surface area contributed by atoms with Crippen LogP contribution in [0.5, 0.6) is 0 Å². The molecular weight excluding hydrogens is 594 g/mol. The summed E-state index contributed by atoms with van der Waals surface area (Å²) in [6, 6.07) is 15.2. The van der Waals surface area contributed by atoms with Gasteiger partial charge in [-0.1, -0.05) is 25.8 Å². The molecule has 2 N–H and O–H groups in total. The van der Waals surface area contributed by atoms with Crippen molar-refractivity contribution in [2.75, 3.05) is 30.8 Å². The number of piperidine rings is 1. The summed E-state index contributed by atoms with van der Waals surface area (Å²) in [5.74, 6) is 4.11. The van der Waals surface area contributed by atoms with E-state index in [1.165, 1.54) is 23.8 Å². The third-order valence-corrected chi connectivity index (χ3v) is 10.6. The summed E-state index contributed by atoms with van der Waals surface area (Å²) in [7, 11) is 1.81. The highest BCUT2D eigenvalue weighted by Crippen LogP contribution is 2.33. The summed E-state index contributed by atoms with van der Waals surface area (Å²) in [6.07, 6.45) is 5.72. The lowest BCUT2D eigenvalue weighted by Crippen LogP contribution is -2.39. The Balaban J connectivity index is 1.32. The average molecular weight is 630 g/mol. The van der Waals surface area contributed by atoms with E-state index in [4.69, 9.17) is 4.98 Å². The van der Waals surface area contributed by atoms with Crippen LogP contribution in [-0.4, -0.2) is 61.7 Å². The molecule has 0 saturated carbocycles. The second-order valence-electron chi connectivity index (χ2n) is 11.4. The van der Waals surface area contributed by atoms with Crippen LogP contribution in [0, 0.1) is 5.82 Å². The van der Waals surface area contributed by atoms with Crippen molar-refractivity contribution >= 4 is 56.0 Å². The fraction of sp³-hybridized carbons (Fsp3) is 0.303. The van der Waals surface area contributed by atoms with E-state index in [0.717, 1.165) is 40.8 Å². The van der Waals surface area contributed by atoms with Crippen molar-refractivity contribution in [1.29, 1.82) is 0 Å². The Hall–Kier alpha value is -3.93. The van der Waals surface area contributed by atoms with Crippen LogP contribution in [0.3, 0.4) is 0 Å². The smallest absolute Gasteiger partial charge is 0.260 e. The molecule has 0 aliphatic carbocycles. The van der Waals surface area contributed by atoms with Crippen molar-refractivity contribution in [1.82, 2.24) is 24.4 Å². The Morgan fingerprint density at radius 3 is 2.61 bits per heavy atom. The van der Waals surface area contributed by atoms with E-state index in [1.807, 2.05) is 35.7 Å². The predicted molar refractivity (Wildman–Crippen MR) is 182 cm³/mol. The van der Waals surface area contributed by atoms with Crippen LogP contribution in [0.4, 0.5) is 21.7 Å². The molecule has 1 aliphatic rings. The molecule has 44 heavy (non-hydrogen) atoms. The highest BCUT2D eigenvalue weighted by molar-refractivity contribution is 8.14. The summed E-state index contributed by atoms with van der Waals surface area (Å²) in [4.78, 5) is 30.8. The minimum absolute atomic E-state index is 0.212. The maximum absolute atomic E-state index is 15.5. The van der Waals surface area contributed by atoms with Gasteiger partial charge >= 0.3 is 0 Å². The minimum Gasteiger partial charge on any atom is -0.381 e. The molecule has 11 heteroatoms. The first-order chi connectivity index (χ1) is 21.2. The quantitative estimate of drug-likeness (QED) is 0.173. The second-order valence-corrected chi connectivity index (χ2v) is 14.7. The molecule has 8 nitrogen and oxygen atoms in total. The molecule has 5 aromatic rings.